The van der Waals surface area contributed by atoms with Crippen molar-refractivity contribution in [1.82, 2.24) is 15.3 Å². The van der Waals surface area contributed by atoms with E-state index in [2.05, 4.69) is 27.5 Å². The first kappa shape index (κ1) is 14.8. The Morgan fingerprint density at radius 3 is 2.60 bits per heavy atom. The number of rotatable bonds is 6. The average Bonchev–Trinajstić information content (AvgIpc) is 2.49. The van der Waals surface area contributed by atoms with Crippen LogP contribution < -0.4 is 10.6 Å². The molecule has 1 aliphatic carbocycles. The van der Waals surface area contributed by atoms with E-state index in [4.69, 9.17) is 0 Å². The summed E-state index contributed by atoms with van der Waals surface area (Å²) in [5, 5.41) is 6.21. The molecule has 0 spiro atoms. The first-order valence-electron chi connectivity index (χ1n) is 7.66. The second-order valence-corrected chi connectivity index (χ2v) is 5.38. The van der Waals surface area contributed by atoms with Gasteiger partial charge in [0.15, 0.2) is 0 Å². The summed E-state index contributed by atoms with van der Waals surface area (Å²) in [6.07, 6.45) is 11.5. The summed E-state index contributed by atoms with van der Waals surface area (Å²) in [6.45, 7) is 2.80. The number of nitrogens with one attached hydrogen (secondary N) is 2. The summed E-state index contributed by atoms with van der Waals surface area (Å²) in [4.78, 5) is 20.3. The van der Waals surface area contributed by atoms with Gasteiger partial charge in [0.05, 0.1) is 5.56 Å². The summed E-state index contributed by atoms with van der Waals surface area (Å²) in [5.74, 6) is 0.532. The van der Waals surface area contributed by atoms with E-state index in [-0.39, 0.29) is 5.91 Å². The van der Waals surface area contributed by atoms with Crippen LogP contribution in [0.4, 0.5) is 5.95 Å². The van der Waals surface area contributed by atoms with Gasteiger partial charge in [-0.1, -0.05) is 32.6 Å². The Morgan fingerprint density at radius 2 is 1.95 bits per heavy atom. The van der Waals surface area contributed by atoms with Crippen LogP contribution in [0.5, 0.6) is 0 Å². The molecule has 1 fully saturated rings. The van der Waals surface area contributed by atoms with E-state index in [1.54, 1.807) is 12.4 Å². The highest BCUT2D eigenvalue weighted by molar-refractivity contribution is 5.93. The van der Waals surface area contributed by atoms with Gasteiger partial charge in [-0.3, -0.25) is 4.79 Å². The highest BCUT2D eigenvalue weighted by Gasteiger charge is 2.14. The van der Waals surface area contributed by atoms with Crippen LogP contribution in [0.3, 0.4) is 0 Å². The van der Waals surface area contributed by atoms with Crippen molar-refractivity contribution in [2.75, 3.05) is 11.9 Å². The van der Waals surface area contributed by atoms with Crippen molar-refractivity contribution in [1.29, 1.82) is 0 Å². The summed E-state index contributed by atoms with van der Waals surface area (Å²) < 4.78 is 0. The zero-order valence-electron chi connectivity index (χ0n) is 12.2. The molecule has 0 saturated heterocycles. The second kappa shape index (κ2) is 7.82. The number of carbonyl (C=O) groups excluding carboxylic acids is 1. The molecule has 0 atom stereocenters. The van der Waals surface area contributed by atoms with Crippen molar-refractivity contribution in [3.05, 3.63) is 18.0 Å². The fourth-order valence-corrected chi connectivity index (χ4v) is 2.43. The second-order valence-electron chi connectivity index (χ2n) is 5.38. The lowest BCUT2D eigenvalue weighted by Gasteiger charge is -2.22. The largest absolute Gasteiger partial charge is 0.352 e. The van der Waals surface area contributed by atoms with E-state index < -0.39 is 0 Å². The quantitative estimate of drug-likeness (QED) is 0.784. The van der Waals surface area contributed by atoms with Gasteiger partial charge in [0.1, 0.15) is 0 Å². The fraction of sp³-hybridized carbons (Fsp3) is 0.667. The average molecular weight is 276 g/mol. The van der Waals surface area contributed by atoms with Crippen molar-refractivity contribution in [2.45, 2.75) is 57.9 Å². The molecule has 0 radical (unpaired) electrons. The first-order chi connectivity index (χ1) is 9.79. The van der Waals surface area contributed by atoms with Crippen LogP contribution in [0.1, 0.15) is 62.2 Å². The Morgan fingerprint density at radius 1 is 1.25 bits per heavy atom. The van der Waals surface area contributed by atoms with Crippen LogP contribution in [0, 0.1) is 0 Å². The maximum Gasteiger partial charge on any atom is 0.254 e. The van der Waals surface area contributed by atoms with Gasteiger partial charge in [-0.05, 0) is 19.3 Å². The first-order valence-corrected chi connectivity index (χ1v) is 7.66. The lowest BCUT2D eigenvalue weighted by atomic mass is 9.96. The third-order valence-corrected chi connectivity index (χ3v) is 3.67. The smallest absolute Gasteiger partial charge is 0.254 e. The number of hydrogen-bond donors (Lipinski definition) is 2. The van der Waals surface area contributed by atoms with Crippen molar-refractivity contribution in [3.63, 3.8) is 0 Å². The Bertz CT molecular complexity index is 412. The van der Waals surface area contributed by atoms with E-state index in [0.717, 1.165) is 12.8 Å². The summed E-state index contributed by atoms with van der Waals surface area (Å²) >= 11 is 0. The van der Waals surface area contributed by atoms with Gasteiger partial charge in [-0.15, -0.1) is 0 Å². The molecule has 5 heteroatoms. The topological polar surface area (TPSA) is 66.9 Å². The zero-order valence-corrected chi connectivity index (χ0v) is 12.2. The predicted molar refractivity (Wildman–Crippen MR) is 79.8 cm³/mol. The van der Waals surface area contributed by atoms with Gasteiger partial charge in [-0.25, -0.2) is 9.97 Å². The zero-order chi connectivity index (χ0) is 14.2. The summed E-state index contributed by atoms with van der Waals surface area (Å²) in [5.41, 5.74) is 0.523. The fourth-order valence-electron chi connectivity index (χ4n) is 2.43. The van der Waals surface area contributed by atoms with E-state index in [9.17, 15) is 4.79 Å². The standard InChI is InChI=1S/C15H24N4O/c1-2-3-9-16-14(20)12-10-17-15(18-11-12)19-13-7-5-4-6-8-13/h10-11,13H,2-9H2,1H3,(H,16,20)(H,17,18,19). The van der Waals surface area contributed by atoms with Crippen LogP contribution >= 0.6 is 0 Å². The number of hydrogen-bond acceptors (Lipinski definition) is 4. The number of anilines is 1. The molecule has 1 aromatic rings. The summed E-state index contributed by atoms with van der Waals surface area (Å²) in [7, 11) is 0. The molecule has 1 aliphatic rings. The number of unbranched alkanes of at least 4 members (excludes halogenated alkanes) is 1. The molecule has 1 aromatic heterocycles. The van der Waals surface area contributed by atoms with E-state index in [1.165, 1.54) is 32.1 Å². The molecule has 0 unspecified atom stereocenters. The SMILES string of the molecule is CCCCNC(=O)c1cnc(NC2CCCCC2)nc1. The molecule has 0 aromatic carbocycles. The van der Waals surface area contributed by atoms with Gasteiger partial charge in [0.2, 0.25) is 5.95 Å². The van der Waals surface area contributed by atoms with Gasteiger partial charge in [0, 0.05) is 25.0 Å². The normalized spacial score (nSPS) is 15.8. The minimum Gasteiger partial charge on any atom is -0.352 e. The number of carbonyl (C=O) groups is 1. The Hall–Kier alpha value is -1.65. The molecule has 20 heavy (non-hydrogen) atoms. The molecule has 1 amide bonds. The van der Waals surface area contributed by atoms with E-state index in [1.807, 2.05) is 0 Å². The Kier molecular flexibility index (Phi) is 5.77. The molecular formula is C15H24N4O. The summed E-state index contributed by atoms with van der Waals surface area (Å²) in [6, 6.07) is 0.480. The Balaban J connectivity index is 1.83. The molecule has 2 rings (SSSR count). The van der Waals surface area contributed by atoms with Gasteiger partial charge < -0.3 is 10.6 Å². The molecular weight excluding hydrogens is 252 g/mol. The predicted octanol–water partition coefficient (Wildman–Crippen LogP) is 2.75. The molecule has 0 bridgehead atoms. The maximum atomic E-state index is 11.8. The minimum absolute atomic E-state index is 0.0948. The van der Waals surface area contributed by atoms with Crippen LogP contribution in [0.15, 0.2) is 12.4 Å². The van der Waals surface area contributed by atoms with Crippen LogP contribution in [0.2, 0.25) is 0 Å². The highest BCUT2D eigenvalue weighted by Crippen LogP contribution is 2.19. The van der Waals surface area contributed by atoms with Gasteiger partial charge >= 0.3 is 0 Å². The molecule has 2 N–H and O–H groups in total. The van der Waals surface area contributed by atoms with Crippen molar-refractivity contribution >= 4 is 11.9 Å². The molecule has 5 nitrogen and oxygen atoms in total. The van der Waals surface area contributed by atoms with Gasteiger partial charge in [0.25, 0.3) is 5.91 Å². The maximum absolute atomic E-state index is 11.8. The van der Waals surface area contributed by atoms with Crippen molar-refractivity contribution in [3.8, 4) is 0 Å². The monoisotopic (exact) mass is 276 g/mol. The van der Waals surface area contributed by atoms with Crippen LogP contribution in [0.25, 0.3) is 0 Å². The molecule has 0 aliphatic heterocycles. The molecule has 1 heterocycles. The van der Waals surface area contributed by atoms with Crippen molar-refractivity contribution in [2.24, 2.45) is 0 Å². The van der Waals surface area contributed by atoms with E-state index >= 15 is 0 Å². The third-order valence-electron chi connectivity index (χ3n) is 3.67. The van der Waals surface area contributed by atoms with Crippen LogP contribution in [-0.2, 0) is 0 Å². The Labute approximate surface area is 120 Å². The van der Waals surface area contributed by atoms with Crippen molar-refractivity contribution < 1.29 is 4.79 Å². The van der Waals surface area contributed by atoms with Gasteiger partial charge in [-0.2, -0.15) is 0 Å². The highest BCUT2D eigenvalue weighted by atomic mass is 16.1. The molecule has 1 saturated carbocycles. The number of nitrogens with zero attached hydrogens (tertiary/aromatic N) is 2. The minimum atomic E-state index is -0.0948. The molecule has 110 valence electrons. The number of aromatic nitrogens is 2. The van der Waals surface area contributed by atoms with E-state index in [0.29, 0.717) is 24.1 Å². The number of amides is 1. The lowest BCUT2D eigenvalue weighted by Crippen LogP contribution is -2.26. The third kappa shape index (κ3) is 4.47. The van der Waals surface area contributed by atoms with Crippen LogP contribution in [-0.4, -0.2) is 28.5 Å². The lowest BCUT2D eigenvalue weighted by molar-refractivity contribution is 0.0952.